The topological polar surface area (TPSA) is 38.5 Å². The molecule has 4 unspecified atom stereocenters. The van der Waals surface area contributed by atoms with Crippen molar-refractivity contribution in [3.8, 4) is 0 Å². The van der Waals surface area contributed by atoms with E-state index in [-0.39, 0.29) is 12.1 Å². The van der Waals surface area contributed by atoms with Crippen molar-refractivity contribution in [2.45, 2.75) is 51.4 Å². The van der Waals surface area contributed by atoms with Crippen LogP contribution in [0.15, 0.2) is 15.9 Å². The highest BCUT2D eigenvalue weighted by molar-refractivity contribution is 9.11. The molecule has 0 bridgehead atoms. The SMILES string of the molecule is CCC(N)C(c1ccc(Br)s1)N1CC(C)OCC1C. The van der Waals surface area contributed by atoms with Gasteiger partial charge >= 0.3 is 0 Å². The Bertz CT molecular complexity index is 412. The highest BCUT2D eigenvalue weighted by Gasteiger charge is 2.34. The summed E-state index contributed by atoms with van der Waals surface area (Å²) < 4.78 is 6.91. The van der Waals surface area contributed by atoms with Gasteiger partial charge in [0.2, 0.25) is 0 Å². The van der Waals surface area contributed by atoms with E-state index in [2.05, 4.69) is 53.7 Å². The molecule has 2 N–H and O–H groups in total. The zero-order valence-electron chi connectivity index (χ0n) is 11.8. The van der Waals surface area contributed by atoms with Crippen LogP contribution >= 0.6 is 27.3 Å². The molecule has 0 aromatic carbocycles. The highest BCUT2D eigenvalue weighted by atomic mass is 79.9. The molecule has 2 heterocycles. The number of ether oxygens (including phenoxy) is 1. The maximum Gasteiger partial charge on any atom is 0.0702 e. The smallest absolute Gasteiger partial charge is 0.0702 e. The van der Waals surface area contributed by atoms with Crippen LogP contribution in [-0.4, -0.2) is 36.2 Å². The Balaban J connectivity index is 2.26. The quantitative estimate of drug-likeness (QED) is 0.907. The van der Waals surface area contributed by atoms with Gasteiger partial charge in [-0.05, 0) is 48.3 Å². The Morgan fingerprint density at radius 1 is 1.53 bits per heavy atom. The molecule has 5 heteroatoms. The number of morpholine rings is 1. The fourth-order valence-electron chi connectivity index (χ4n) is 2.65. The third-order valence-electron chi connectivity index (χ3n) is 3.78. The number of hydrogen-bond acceptors (Lipinski definition) is 4. The third-order valence-corrected chi connectivity index (χ3v) is 5.47. The van der Waals surface area contributed by atoms with Crippen LogP contribution in [0.1, 0.15) is 38.1 Å². The molecule has 2 rings (SSSR count). The Morgan fingerprint density at radius 2 is 2.26 bits per heavy atom. The zero-order chi connectivity index (χ0) is 14.0. The average Bonchev–Trinajstić information content (AvgIpc) is 2.80. The van der Waals surface area contributed by atoms with E-state index in [1.165, 1.54) is 8.66 Å². The second kappa shape index (κ2) is 6.68. The van der Waals surface area contributed by atoms with E-state index in [0.717, 1.165) is 19.6 Å². The number of halogens is 1. The van der Waals surface area contributed by atoms with E-state index < -0.39 is 0 Å². The Morgan fingerprint density at radius 3 is 2.84 bits per heavy atom. The van der Waals surface area contributed by atoms with Gasteiger partial charge in [0, 0.05) is 23.5 Å². The minimum atomic E-state index is 0.165. The van der Waals surface area contributed by atoms with Crippen molar-refractivity contribution >= 4 is 27.3 Å². The molecule has 1 aliphatic heterocycles. The Hall–Kier alpha value is 0.0600. The normalized spacial score (nSPS) is 28.3. The van der Waals surface area contributed by atoms with Gasteiger partial charge in [-0.25, -0.2) is 0 Å². The van der Waals surface area contributed by atoms with E-state index in [1.54, 1.807) is 11.3 Å². The summed E-state index contributed by atoms with van der Waals surface area (Å²) in [6.07, 6.45) is 1.27. The summed E-state index contributed by atoms with van der Waals surface area (Å²) in [5, 5.41) is 0. The highest BCUT2D eigenvalue weighted by Crippen LogP contribution is 2.35. The molecule has 0 amide bonds. The van der Waals surface area contributed by atoms with Crippen LogP contribution in [0.4, 0.5) is 0 Å². The van der Waals surface area contributed by atoms with E-state index in [1.807, 2.05) is 0 Å². The average molecular weight is 347 g/mol. The second-order valence-electron chi connectivity index (χ2n) is 5.35. The summed E-state index contributed by atoms with van der Waals surface area (Å²) in [5.41, 5.74) is 6.41. The van der Waals surface area contributed by atoms with Gasteiger partial charge in [-0.15, -0.1) is 11.3 Å². The molecule has 1 aromatic rings. The van der Waals surface area contributed by atoms with Crippen LogP contribution < -0.4 is 5.73 Å². The fourth-order valence-corrected chi connectivity index (χ4v) is 4.27. The third kappa shape index (κ3) is 3.58. The summed E-state index contributed by atoms with van der Waals surface area (Å²) in [5.74, 6) is 0. The molecule has 108 valence electrons. The molecule has 1 aromatic heterocycles. The van der Waals surface area contributed by atoms with Gasteiger partial charge in [-0.2, -0.15) is 0 Å². The molecule has 0 aliphatic carbocycles. The van der Waals surface area contributed by atoms with Crippen molar-refractivity contribution in [1.82, 2.24) is 4.90 Å². The molecule has 3 nitrogen and oxygen atoms in total. The summed E-state index contributed by atoms with van der Waals surface area (Å²) in [6.45, 7) is 8.27. The van der Waals surface area contributed by atoms with E-state index in [0.29, 0.717) is 12.1 Å². The van der Waals surface area contributed by atoms with Gasteiger partial charge < -0.3 is 10.5 Å². The van der Waals surface area contributed by atoms with Gasteiger partial charge in [-0.3, -0.25) is 4.90 Å². The van der Waals surface area contributed by atoms with Gasteiger partial charge in [0.1, 0.15) is 0 Å². The minimum absolute atomic E-state index is 0.165. The number of nitrogens with two attached hydrogens (primary N) is 1. The van der Waals surface area contributed by atoms with E-state index >= 15 is 0 Å². The molecule has 1 aliphatic rings. The standard InChI is InChI=1S/C14H23BrN2OS/c1-4-11(16)14(12-5-6-13(15)19-12)17-7-10(3)18-8-9(17)2/h5-6,9-11,14H,4,7-8,16H2,1-3H3. The van der Waals surface area contributed by atoms with Crippen LogP contribution in [-0.2, 0) is 4.74 Å². The monoisotopic (exact) mass is 346 g/mol. The molecule has 1 fully saturated rings. The lowest BCUT2D eigenvalue weighted by Crippen LogP contribution is -2.52. The van der Waals surface area contributed by atoms with Crippen molar-refractivity contribution in [2.75, 3.05) is 13.2 Å². The van der Waals surface area contributed by atoms with E-state index in [4.69, 9.17) is 10.5 Å². The Kier molecular flexibility index (Phi) is 5.43. The van der Waals surface area contributed by atoms with Crippen molar-refractivity contribution in [3.63, 3.8) is 0 Å². The molecular formula is C14H23BrN2OS. The van der Waals surface area contributed by atoms with Gasteiger partial charge in [0.15, 0.2) is 0 Å². The largest absolute Gasteiger partial charge is 0.376 e. The number of thiophene rings is 1. The first-order valence-corrected chi connectivity index (χ1v) is 8.52. The minimum Gasteiger partial charge on any atom is -0.376 e. The first-order chi connectivity index (χ1) is 9.02. The summed E-state index contributed by atoms with van der Waals surface area (Å²) in [6, 6.07) is 5.19. The van der Waals surface area contributed by atoms with Gasteiger partial charge in [0.05, 0.1) is 22.5 Å². The molecule has 0 saturated carbocycles. The Labute approximate surface area is 128 Å². The molecule has 0 spiro atoms. The van der Waals surface area contributed by atoms with Crippen molar-refractivity contribution < 1.29 is 4.74 Å². The maximum atomic E-state index is 6.41. The number of hydrogen-bond donors (Lipinski definition) is 1. The second-order valence-corrected chi connectivity index (χ2v) is 7.84. The van der Waals surface area contributed by atoms with E-state index in [9.17, 15) is 0 Å². The molecule has 0 radical (unpaired) electrons. The lowest BCUT2D eigenvalue weighted by atomic mass is 10.00. The number of nitrogens with zero attached hydrogens (tertiary/aromatic N) is 1. The number of rotatable bonds is 4. The van der Waals surface area contributed by atoms with Crippen molar-refractivity contribution in [3.05, 3.63) is 20.8 Å². The first kappa shape index (κ1) is 15.4. The predicted molar refractivity (Wildman–Crippen MR) is 84.6 cm³/mol. The van der Waals surface area contributed by atoms with Crippen LogP contribution in [0.25, 0.3) is 0 Å². The lowest BCUT2D eigenvalue weighted by Gasteiger charge is -2.43. The van der Waals surface area contributed by atoms with Crippen molar-refractivity contribution in [2.24, 2.45) is 5.73 Å². The van der Waals surface area contributed by atoms with Crippen molar-refractivity contribution in [1.29, 1.82) is 0 Å². The fraction of sp³-hybridized carbons (Fsp3) is 0.714. The van der Waals surface area contributed by atoms with Crippen LogP contribution in [0.5, 0.6) is 0 Å². The molecule has 19 heavy (non-hydrogen) atoms. The van der Waals surface area contributed by atoms with Gasteiger partial charge in [0.25, 0.3) is 0 Å². The predicted octanol–water partition coefficient (Wildman–Crippen LogP) is 3.40. The molecule has 4 atom stereocenters. The van der Waals surface area contributed by atoms with Crippen LogP contribution in [0.2, 0.25) is 0 Å². The summed E-state index contributed by atoms with van der Waals surface area (Å²) in [7, 11) is 0. The lowest BCUT2D eigenvalue weighted by molar-refractivity contribution is -0.0701. The first-order valence-electron chi connectivity index (χ1n) is 6.91. The maximum absolute atomic E-state index is 6.41. The van der Waals surface area contributed by atoms with Gasteiger partial charge in [-0.1, -0.05) is 6.92 Å². The summed E-state index contributed by atoms with van der Waals surface area (Å²) >= 11 is 5.35. The van der Waals surface area contributed by atoms with Crippen LogP contribution in [0, 0.1) is 0 Å². The zero-order valence-corrected chi connectivity index (χ0v) is 14.2. The molecular weight excluding hydrogens is 324 g/mol. The van der Waals surface area contributed by atoms with Crippen LogP contribution in [0.3, 0.4) is 0 Å². The summed E-state index contributed by atoms with van der Waals surface area (Å²) in [4.78, 5) is 3.86. The molecule has 1 saturated heterocycles.